The quantitative estimate of drug-likeness (QED) is 0.888. The van der Waals surface area contributed by atoms with E-state index >= 15 is 0 Å². The molecule has 0 unspecified atom stereocenters. The molecule has 3 heteroatoms. The van der Waals surface area contributed by atoms with Gasteiger partial charge in [-0.25, -0.2) is 0 Å². The molecule has 3 saturated carbocycles. The van der Waals surface area contributed by atoms with Crippen LogP contribution in [0.1, 0.15) is 50.5 Å². The normalized spacial score (nSPS) is 33.3. The van der Waals surface area contributed by atoms with Gasteiger partial charge >= 0.3 is 5.97 Å². The van der Waals surface area contributed by atoms with Crippen molar-refractivity contribution < 1.29 is 9.90 Å². The standard InChI is InChI=1S/C16H19BrO2/c17-13-3-1-2-12(10-13)16-7-4-15(5-8-16,6-9-16)11-14(18)19/h1-3,10H,4-9,11H2,(H,18,19). The number of hydrogen-bond acceptors (Lipinski definition) is 1. The van der Waals surface area contributed by atoms with Crippen LogP contribution in [-0.4, -0.2) is 11.1 Å². The molecule has 1 aromatic carbocycles. The number of hydrogen-bond donors (Lipinski definition) is 1. The molecule has 0 aliphatic heterocycles. The molecule has 0 spiro atoms. The number of carbonyl (C=O) groups is 1. The van der Waals surface area contributed by atoms with E-state index in [1.54, 1.807) is 0 Å². The summed E-state index contributed by atoms with van der Waals surface area (Å²) in [6.45, 7) is 0. The number of benzene rings is 1. The molecule has 102 valence electrons. The SMILES string of the molecule is O=C(O)CC12CCC(c3cccc(Br)c3)(CC1)CC2. The molecule has 1 aromatic rings. The summed E-state index contributed by atoms with van der Waals surface area (Å²) in [5.41, 5.74) is 1.84. The van der Waals surface area contributed by atoms with Crippen LogP contribution in [0.3, 0.4) is 0 Å². The number of rotatable bonds is 3. The van der Waals surface area contributed by atoms with Crippen LogP contribution in [0.4, 0.5) is 0 Å². The molecule has 2 bridgehead atoms. The predicted octanol–water partition coefficient (Wildman–Crippen LogP) is 4.52. The summed E-state index contributed by atoms with van der Waals surface area (Å²) in [4.78, 5) is 11.0. The lowest BCUT2D eigenvalue weighted by Gasteiger charge is -2.53. The Hall–Kier alpha value is -0.830. The van der Waals surface area contributed by atoms with E-state index in [0.29, 0.717) is 11.8 Å². The molecule has 19 heavy (non-hydrogen) atoms. The Morgan fingerprint density at radius 2 is 1.79 bits per heavy atom. The second kappa shape index (κ2) is 4.62. The summed E-state index contributed by atoms with van der Waals surface area (Å²) in [7, 11) is 0. The maximum atomic E-state index is 11.0. The van der Waals surface area contributed by atoms with Gasteiger partial charge in [0.15, 0.2) is 0 Å². The summed E-state index contributed by atoms with van der Waals surface area (Å²) in [5, 5.41) is 9.09. The van der Waals surface area contributed by atoms with E-state index in [9.17, 15) is 4.79 Å². The van der Waals surface area contributed by atoms with Crippen molar-refractivity contribution in [3.8, 4) is 0 Å². The van der Waals surface area contributed by atoms with Crippen LogP contribution >= 0.6 is 15.9 Å². The Kier molecular flexibility index (Phi) is 3.20. The maximum Gasteiger partial charge on any atom is 0.303 e. The molecule has 0 saturated heterocycles. The van der Waals surface area contributed by atoms with Gasteiger partial charge in [0.1, 0.15) is 0 Å². The van der Waals surface area contributed by atoms with Crippen molar-refractivity contribution in [3.63, 3.8) is 0 Å². The minimum atomic E-state index is -0.628. The molecule has 0 atom stereocenters. The summed E-state index contributed by atoms with van der Waals surface area (Å²) >= 11 is 3.56. The lowest BCUT2D eigenvalue weighted by Crippen LogP contribution is -2.45. The summed E-state index contributed by atoms with van der Waals surface area (Å²) in [6, 6.07) is 8.66. The zero-order chi connectivity index (χ0) is 13.5. The van der Waals surface area contributed by atoms with Crippen LogP contribution in [0.25, 0.3) is 0 Å². The highest BCUT2D eigenvalue weighted by atomic mass is 79.9. The van der Waals surface area contributed by atoms with Crippen LogP contribution < -0.4 is 0 Å². The van der Waals surface area contributed by atoms with Gasteiger partial charge in [0, 0.05) is 4.47 Å². The van der Waals surface area contributed by atoms with Crippen LogP contribution in [0.15, 0.2) is 28.7 Å². The van der Waals surface area contributed by atoms with Crippen molar-refractivity contribution in [2.45, 2.75) is 50.4 Å². The zero-order valence-corrected chi connectivity index (χ0v) is 12.6. The van der Waals surface area contributed by atoms with E-state index in [0.717, 1.165) is 43.0 Å². The van der Waals surface area contributed by atoms with Crippen molar-refractivity contribution >= 4 is 21.9 Å². The lowest BCUT2D eigenvalue weighted by molar-refractivity contribution is -0.142. The molecule has 0 amide bonds. The first kappa shape index (κ1) is 13.2. The third-order valence-corrected chi connectivity index (χ3v) is 5.86. The van der Waals surface area contributed by atoms with Crippen molar-refractivity contribution in [2.24, 2.45) is 5.41 Å². The molecular formula is C16H19BrO2. The van der Waals surface area contributed by atoms with Gasteiger partial charge in [0.2, 0.25) is 0 Å². The minimum absolute atomic E-state index is 0.0968. The highest BCUT2D eigenvalue weighted by molar-refractivity contribution is 9.10. The number of halogens is 1. The van der Waals surface area contributed by atoms with Crippen molar-refractivity contribution in [1.82, 2.24) is 0 Å². The number of fused-ring (bicyclic) bond motifs is 3. The Labute approximate surface area is 122 Å². The third kappa shape index (κ3) is 2.33. The number of aliphatic carboxylic acids is 1. The van der Waals surface area contributed by atoms with E-state index in [-0.39, 0.29) is 5.41 Å². The molecule has 3 fully saturated rings. The second-order valence-electron chi connectivity index (χ2n) is 6.36. The fraction of sp³-hybridized carbons (Fsp3) is 0.562. The molecule has 0 radical (unpaired) electrons. The van der Waals surface area contributed by atoms with E-state index in [1.807, 2.05) is 0 Å². The maximum absolute atomic E-state index is 11.0. The van der Waals surface area contributed by atoms with Crippen LogP contribution in [0, 0.1) is 5.41 Å². The van der Waals surface area contributed by atoms with Crippen molar-refractivity contribution in [1.29, 1.82) is 0 Å². The van der Waals surface area contributed by atoms with E-state index in [2.05, 4.69) is 40.2 Å². The fourth-order valence-corrected chi connectivity index (χ4v) is 4.50. The second-order valence-corrected chi connectivity index (χ2v) is 7.28. The van der Waals surface area contributed by atoms with Gasteiger partial charge < -0.3 is 5.11 Å². The Bertz CT molecular complexity index is 485. The summed E-state index contributed by atoms with van der Waals surface area (Å²) in [5.74, 6) is -0.628. The topological polar surface area (TPSA) is 37.3 Å². The van der Waals surface area contributed by atoms with Crippen LogP contribution in [-0.2, 0) is 10.2 Å². The minimum Gasteiger partial charge on any atom is -0.481 e. The third-order valence-electron chi connectivity index (χ3n) is 5.36. The smallest absolute Gasteiger partial charge is 0.303 e. The molecule has 3 aliphatic carbocycles. The zero-order valence-electron chi connectivity index (χ0n) is 11.0. The fourth-order valence-electron chi connectivity index (χ4n) is 4.10. The number of carboxylic acids is 1. The average Bonchev–Trinajstić information content (AvgIpc) is 2.39. The molecule has 0 heterocycles. The van der Waals surface area contributed by atoms with Gasteiger partial charge in [0.25, 0.3) is 0 Å². The Morgan fingerprint density at radius 1 is 1.16 bits per heavy atom. The first-order valence-corrected chi connectivity index (χ1v) is 7.81. The Balaban J connectivity index is 1.83. The lowest BCUT2D eigenvalue weighted by atomic mass is 9.51. The van der Waals surface area contributed by atoms with Gasteiger partial charge in [-0.1, -0.05) is 28.1 Å². The summed E-state index contributed by atoms with van der Waals surface area (Å²) in [6.07, 6.45) is 7.04. The van der Waals surface area contributed by atoms with Gasteiger partial charge in [-0.3, -0.25) is 4.79 Å². The number of carboxylic acid groups (broad SMARTS) is 1. The van der Waals surface area contributed by atoms with Crippen LogP contribution in [0.2, 0.25) is 0 Å². The first-order valence-electron chi connectivity index (χ1n) is 7.02. The first-order chi connectivity index (χ1) is 9.04. The average molecular weight is 323 g/mol. The van der Waals surface area contributed by atoms with Gasteiger partial charge in [-0.2, -0.15) is 0 Å². The van der Waals surface area contributed by atoms with E-state index in [4.69, 9.17) is 5.11 Å². The molecule has 1 N–H and O–H groups in total. The van der Waals surface area contributed by atoms with Crippen molar-refractivity contribution in [2.75, 3.05) is 0 Å². The molecular weight excluding hydrogens is 304 g/mol. The monoisotopic (exact) mass is 322 g/mol. The van der Waals surface area contributed by atoms with E-state index in [1.165, 1.54) is 5.56 Å². The predicted molar refractivity (Wildman–Crippen MR) is 78.2 cm³/mol. The van der Waals surface area contributed by atoms with Crippen LogP contribution in [0.5, 0.6) is 0 Å². The van der Waals surface area contributed by atoms with Gasteiger partial charge in [0.05, 0.1) is 6.42 Å². The summed E-state index contributed by atoms with van der Waals surface area (Å²) < 4.78 is 1.15. The molecule has 0 aromatic heterocycles. The largest absolute Gasteiger partial charge is 0.481 e. The molecule has 2 nitrogen and oxygen atoms in total. The van der Waals surface area contributed by atoms with E-state index < -0.39 is 5.97 Å². The molecule has 3 aliphatic rings. The van der Waals surface area contributed by atoms with Gasteiger partial charge in [-0.15, -0.1) is 0 Å². The van der Waals surface area contributed by atoms with Gasteiger partial charge in [-0.05, 0) is 67.1 Å². The molecule has 4 rings (SSSR count). The highest BCUT2D eigenvalue weighted by Gasteiger charge is 2.49. The highest BCUT2D eigenvalue weighted by Crippen LogP contribution is 2.59. The van der Waals surface area contributed by atoms with Crippen molar-refractivity contribution in [3.05, 3.63) is 34.3 Å². The Morgan fingerprint density at radius 3 is 2.32 bits per heavy atom.